The van der Waals surface area contributed by atoms with Gasteiger partial charge in [0.2, 0.25) is 5.91 Å². The van der Waals surface area contributed by atoms with E-state index in [0.717, 1.165) is 0 Å². The number of nitrogens with two attached hydrogens (primary N) is 2. The van der Waals surface area contributed by atoms with Gasteiger partial charge in [-0.1, -0.05) is 0 Å². The summed E-state index contributed by atoms with van der Waals surface area (Å²) in [5.74, 6) is -1.26. The van der Waals surface area contributed by atoms with Crippen molar-refractivity contribution in [2.24, 2.45) is 11.5 Å². The van der Waals surface area contributed by atoms with Crippen molar-refractivity contribution in [1.82, 2.24) is 0 Å². The Kier molecular flexibility index (Phi) is 4.28. The smallest absolute Gasteiger partial charge is 0.332 e. The molecule has 0 aliphatic carbocycles. The summed E-state index contributed by atoms with van der Waals surface area (Å²) in [4.78, 5) is 20.6. The van der Waals surface area contributed by atoms with Gasteiger partial charge in [0, 0.05) is 0 Å². The van der Waals surface area contributed by atoms with E-state index < -0.39 is 17.9 Å². The molecule has 10 heavy (non-hydrogen) atoms. The molecule has 1 atom stereocenters. The van der Waals surface area contributed by atoms with Gasteiger partial charge in [-0.3, -0.25) is 4.79 Å². The van der Waals surface area contributed by atoms with Crippen LogP contribution in [0.3, 0.4) is 0 Å². The SMILES string of the molecule is NC(=O)C[C@H](N)C(=O)OI. The first-order valence-corrected chi connectivity index (χ1v) is 3.32. The van der Waals surface area contributed by atoms with Crippen LogP contribution in [0.15, 0.2) is 0 Å². The van der Waals surface area contributed by atoms with Crippen molar-refractivity contribution in [3.63, 3.8) is 0 Å². The predicted octanol–water partition coefficient (Wildman–Crippen LogP) is -0.918. The summed E-state index contributed by atoms with van der Waals surface area (Å²) in [7, 11) is 0. The van der Waals surface area contributed by atoms with Crippen molar-refractivity contribution in [2.75, 3.05) is 0 Å². The normalized spacial score (nSPS) is 12.2. The third-order valence-corrected chi connectivity index (χ3v) is 1.23. The monoisotopic (exact) mass is 258 g/mol. The largest absolute Gasteiger partial charge is 0.393 e. The molecule has 0 unspecified atom stereocenters. The molecule has 0 aliphatic heterocycles. The number of primary amides is 1. The van der Waals surface area contributed by atoms with Gasteiger partial charge in [0.1, 0.15) is 6.04 Å². The number of hydrogen-bond donors (Lipinski definition) is 2. The van der Waals surface area contributed by atoms with Crippen LogP contribution in [0.25, 0.3) is 0 Å². The Labute approximate surface area is 71.8 Å². The zero-order chi connectivity index (χ0) is 8.15. The molecule has 4 N–H and O–H groups in total. The Bertz CT molecular complexity index is 149. The van der Waals surface area contributed by atoms with E-state index in [2.05, 4.69) is 3.07 Å². The molecule has 0 radical (unpaired) electrons. The highest BCUT2D eigenvalue weighted by Crippen LogP contribution is 1.95. The summed E-state index contributed by atoms with van der Waals surface area (Å²) in [6, 6.07) is -0.936. The molecule has 1 amide bonds. The number of carbonyl (C=O) groups is 2. The maximum absolute atomic E-state index is 10.5. The maximum Gasteiger partial charge on any atom is 0.332 e. The molecule has 0 fully saturated rings. The highest BCUT2D eigenvalue weighted by atomic mass is 127. The van der Waals surface area contributed by atoms with Crippen molar-refractivity contribution in [3.8, 4) is 0 Å². The van der Waals surface area contributed by atoms with Crippen LogP contribution in [0, 0.1) is 0 Å². The molecule has 0 saturated carbocycles. The van der Waals surface area contributed by atoms with Crippen molar-refractivity contribution in [1.29, 1.82) is 0 Å². The topological polar surface area (TPSA) is 95.4 Å². The standard InChI is InChI=1S/C4H7IN2O3/c5-10-4(9)2(6)1-3(7)8/h2H,1,6H2,(H2,7,8)/t2-/m0/s1. The van der Waals surface area contributed by atoms with Gasteiger partial charge < -0.3 is 14.5 Å². The second-order valence-electron chi connectivity index (χ2n) is 1.67. The molecular formula is C4H7IN2O3. The van der Waals surface area contributed by atoms with Crippen LogP contribution in [-0.2, 0) is 12.7 Å². The van der Waals surface area contributed by atoms with Gasteiger partial charge >= 0.3 is 5.97 Å². The lowest BCUT2D eigenvalue weighted by Crippen LogP contribution is -2.35. The lowest BCUT2D eigenvalue weighted by molar-refractivity contribution is -0.134. The molecule has 0 rings (SSSR count). The molecule has 58 valence electrons. The van der Waals surface area contributed by atoms with Gasteiger partial charge in [-0.15, -0.1) is 0 Å². The molecule has 0 heterocycles. The first-order chi connectivity index (χ1) is 4.57. The predicted molar refractivity (Wildman–Crippen MR) is 41.9 cm³/mol. The zero-order valence-corrected chi connectivity index (χ0v) is 7.20. The summed E-state index contributed by atoms with van der Waals surface area (Å²) in [6.07, 6.45) is -0.179. The second kappa shape index (κ2) is 4.45. The highest BCUT2D eigenvalue weighted by molar-refractivity contribution is 14.1. The average molecular weight is 258 g/mol. The molecule has 0 saturated heterocycles. The number of amides is 1. The molecule has 5 nitrogen and oxygen atoms in total. The Morgan fingerprint density at radius 3 is 2.40 bits per heavy atom. The molecule has 0 aliphatic rings. The molecule has 0 aromatic heterocycles. The third-order valence-electron chi connectivity index (χ3n) is 0.800. The van der Waals surface area contributed by atoms with E-state index in [1.54, 1.807) is 0 Å². The molecular weight excluding hydrogens is 251 g/mol. The van der Waals surface area contributed by atoms with Crippen LogP contribution in [0.1, 0.15) is 6.42 Å². The number of carbonyl (C=O) groups excluding carboxylic acids is 2. The number of halogens is 1. The fourth-order valence-corrected chi connectivity index (χ4v) is 0.684. The summed E-state index contributed by atoms with van der Waals surface area (Å²) < 4.78 is 4.21. The average Bonchev–Trinajstić information content (AvgIpc) is 1.85. The van der Waals surface area contributed by atoms with Crippen LogP contribution >= 0.6 is 23.0 Å². The first-order valence-electron chi connectivity index (χ1n) is 2.44. The Morgan fingerprint density at radius 2 is 2.10 bits per heavy atom. The Morgan fingerprint density at radius 1 is 1.60 bits per heavy atom. The molecule has 0 bridgehead atoms. The van der Waals surface area contributed by atoms with Crippen molar-refractivity contribution in [2.45, 2.75) is 12.5 Å². The van der Waals surface area contributed by atoms with E-state index in [1.165, 1.54) is 23.0 Å². The van der Waals surface area contributed by atoms with Crippen molar-refractivity contribution < 1.29 is 12.7 Å². The quantitative estimate of drug-likeness (QED) is 0.640. The van der Waals surface area contributed by atoms with Gasteiger partial charge in [0.25, 0.3) is 0 Å². The van der Waals surface area contributed by atoms with Gasteiger partial charge in [0.05, 0.1) is 6.42 Å². The van der Waals surface area contributed by atoms with E-state index in [4.69, 9.17) is 11.5 Å². The summed E-state index contributed by atoms with van der Waals surface area (Å²) >= 11 is 1.39. The third kappa shape index (κ3) is 3.62. The van der Waals surface area contributed by atoms with Crippen LogP contribution in [0.5, 0.6) is 0 Å². The molecule has 0 aromatic carbocycles. The minimum absolute atomic E-state index is 0.179. The fourth-order valence-electron chi connectivity index (χ4n) is 0.357. The lowest BCUT2D eigenvalue weighted by Gasteiger charge is -2.03. The number of rotatable bonds is 3. The van der Waals surface area contributed by atoms with E-state index in [0.29, 0.717) is 0 Å². The van der Waals surface area contributed by atoms with E-state index in [1.807, 2.05) is 0 Å². The maximum atomic E-state index is 10.5. The highest BCUT2D eigenvalue weighted by Gasteiger charge is 2.16. The minimum Gasteiger partial charge on any atom is -0.393 e. The summed E-state index contributed by atoms with van der Waals surface area (Å²) in [5.41, 5.74) is 9.91. The van der Waals surface area contributed by atoms with Crippen LogP contribution in [0.4, 0.5) is 0 Å². The lowest BCUT2D eigenvalue weighted by atomic mass is 10.2. The number of hydrogen-bond acceptors (Lipinski definition) is 4. The summed E-state index contributed by atoms with van der Waals surface area (Å²) in [6.45, 7) is 0. The molecule has 0 aromatic rings. The van der Waals surface area contributed by atoms with Gasteiger partial charge in [-0.05, 0) is 0 Å². The van der Waals surface area contributed by atoms with Crippen LogP contribution in [-0.4, -0.2) is 17.9 Å². The molecule has 6 heteroatoms. The van der Waals surface area contributed by atoms with Crippen LogP contribution in [0.2, 0.25) is 0 Å². The zero-order valence-electron chi connectivity index (χ0n) is 5.04. The Hall–Kier alpha value is -0.370. The first kappa shape index (κ1) is 9.63. The van der Waals surface area contributed by atoms with Crippen molar-refractivity contribution >= 4 is 34.9 Å². The summed E-state index contributed by atoms with van der Waals surface area (Å²) in [5, 5.41) is 0. The Balaban J connectivity index is 3.72. The van der Waals surface area contributed by atoms with E-state index in [9.17, 15) is 9.59 Å². The second-order valence-corrected chi connectivity index (χ2v) is 2.11. The van der Waals surface area contributed by atoms with Gasteiger partial charge in [-0.2, -0.15) is 0 Å². The molecule has 0 spiro atoms. The van der Waals surface area contributed by atoms with Gasteiger partial charge in [-0.25, -0.2) is 4.79 Å². The van der Waals surface area contributed by atoms with Crippen LogP contribution < -0.4 is 11.5 Å². The minimum atomic E-state index is -0.936. The fraction of sp³-hybridized carbons (Fsp3) is 0.500. The van der Waals surface area contributed by atoms with E-state index >= 15 is 0 Å². The van der Waals surface area contributed by atoms with Gasteiger partial charge in [0.15, 0.2) is 23.0 Å². The van der Waals surface area contributed by atoms with Crippen molar-refractivity contribution in [3.05, 3.63) is 0 Å². The van der Waals surface area contributed by atoms with E-state index in [-0.39, 0.29) is 6.42 Å².